The van der Waals surface area contributed by atoms with Crippen LogP contribution in [0.5, 0.6) is 0 Å². The summed E-state index contributed by atoms with van der Waals surface area (Å²) < 4.78 is 22.1. The van der Waals surface area contributed by atoms with E-state index >= 15 is 0 Å². The zero-order chi connectivity index (χ0) is 18.3. The van der Waals surface area contributed by atoms with Crippen molar-refractivity contribution in [3.8, 4) is 0 Å². The molecule has 0 aromatic heterocycles. The number of rotatable bonds is 15. The minimum atomic E-state index is -0.539. The number of hydrogen-bond acceptors (Lipinski definition) is 5. The van der Waals surface area contributed by atoms with E-state index in [1.54, 1.807) is 0 Å². The lowest BCUT2D eigenvalue weighted by Gasteiger charge is -2.25. The molecule has 0 aromatic rings. The normalized spacial score (nSPS) is 11.5. The van der Waals surface area contributed by atoms with Crippen LogP contribution >= 0.6 is 8.46 Å². The Morgan fingerprint density at radius 2 is 1.25 bits per heavy atom. The van der Waals surface area contributed by atoms with Gasteiger partial charge in [0, 0.05) is 12.8 Å². The summed E-state index contributed by atoms with van der Waals surface area (Å²) in [5.74, 6) is -0.504. The molecular formula is C18H33O5P. The Morgan fingerprint density at radius 1 is 0.792 bits per heavy atom. The maximum absolute atomic E-state index is 11.8. The monoisotopic (exact) mass is 360 g/mol. The van der Waals surface area contributed by atoms with Gasteiger partial charge in [0.05, 0.1) is 18.4 Å². The van der Waals surface area contributed by atoms with Gasteiger partial charge in [0.15, 0.2) is 8.46 Å². The first-order valence-electron chi connectivity index (χ1n) is 9.19. The Kier molecular flexibility index (Phi) is 13.8. The minimum absolute atomic E-state index is 0.00931. The van der Waals surface area contributed by atoms with E-state index in [1.165, 1.54) is 0 Å². The van der Waals surface area contributed by atoms with E-state index in [4.69, 9.17) is 9.47 Å². The minimum Gasteiger partial charge on any atom is -0.466 e. The van der Waals surface area contributed by atoms with Crippen LogP contribution in [0.25, 0.3) is 0 Å². The fraction of sp³-hybridized carbons (Fsp3) is 0.889. The molecular weight excluding hydrogens is 327 g/mol. The molecule has 24 heavy (non-hydrogen) atoms. The highest BCUT2D eigenvalue weighted by Gasteiger charge is 2.32. The topological polar surface area (TPSA) is 69.7 Å². The van der Waals surface area contributed by atoms with E-state index in [0.717, 1.165) is 32.1 Å². The third kappa shape index (κ3) is 10.7. The number of carbonyl (C=O) groups is 2. The lowest BCUT2D eigenvalue weighted by atomic mass is 9.91. The summed E-state index contributed by atoms with van der Waals surface area (Å²) in [6, 6.07) is 0. The fourth-order valence-electron chi connectivity index (χ4n) is 2.45. The van der Waals surface area contributed by atoms with Crippen molar-refractivity contribution in [3.05, 3.63) is 0 Å². The summed E-state index contributed by atoms with van der Waals surface area (Å²) in [6.45, 7) is 6.97. The van der Waals surface area contributed by atoms with Crippen LogP contribution in [-0.2, 0) is 23.6 Å². The predicted octanol–water partition coefficient (Wildman–Crippen LogP) is 5.06. The van der Waals surface area contributed by atoms with Crippen molar-refractivity contribution in [3.63, 3.8) is 0 Å². The second-order valence-electron chi connectivity index (χ2n) is 6.21. The number of carbonyl (C=O) groups excluding carboxylic acids is 2. The average molecular weight is 360 g/mol. The molecule has 0 atom stereocenters. The summed E-state index contributed by atoms with van der Waals surface area (Å²) in [4.78, 5) is 23.6. The molecule has 0 heterocycles. The Balaban J connectivity index is 4.41. The molecule has 0 bridgehead atoms. The Morgan fingerprint density at radius 3 is 1.58 bits per heavy atom. The van der Waals surface area contributed by atoms with Gasteiger partial charge < -0.3 is 9.47 Å². The number of esters is 2. The van der Waals surface area contributed by atoms with Crippen molar-refractivity contribution >= 4 is 20.4 Å². The van der Waals surface area contributed by atoms with Crippen molar-refractivity contribution in [2.24, 2.45) is 0 Å². The zero-order valence-corrected chi connectivity index (χ0v) is 16.4. The van der Waals surface area contributed by atoms with Gasteiger partial charge in [-0.2, -0.15) is 0 Å². The summed E-state index contributed by atoms with van der Waals surface area (Å²) in [5.41, 5.74) is 0. The van der Waals surface area contributed by atoms with Gasteiger partial charge in [0.25, 0.3) is 0 Å². The lowest BCUT2D eigenvalue weighted by Crippen LogP contribution is -2.25. The fourth-order valence-corrected chi connectivity index (χ4v) is 3.17. The van der Waals surface area contributed by atoms with Gasteiger partial charge in [-0.15, -0.1) is 0 Å². The summed E-state index contributed by atoms with van der Waals surface area (Å²) >= 11 is 0. The molecule has 0 fully saturated rings. The third-order valence-corrected chi connectivity index (χ3v) is 5.08. The van der Waals surface area contributed by atoms with Crippen molar-refractivity contribution in [1.29, 1.82) is 0 Å². The Hall–Kier alpha value is -0.960. The number of ether oxygens (including phenoxy) is 2. The predicted molar refractivity (Wildman–Crippen MR) is 95.4 cm³/mol. The maximum Gasteiger partial charge on any atom is 0.305 e. The average Bonchev–Trinajstić information content (AvgIpc) is 2.58. The molecule has 0 N–H and O–H groups in total. The van der Waals surface area contributed by atoms with Crippen LogP contribution in [0, 0.1) is 0 Å². The van der Waals surface area contributed by atoms with Gasteiger partial charge in [-0.25, -0.2) is 0 Å². The molecule has 0 radical (unpaired) electrons. The van der Waals surface area contributed by atoms with Crippen LogP contribution < -0.4 is 0 Å². The molecule has 0 unspecified atom stereocenters. The van der Waals surface area contributed by atoms with Crippen molar-refractivity contribution in [2.45, 2.75) is 90.1 Å². The first-order chi connectivity index (χ1) is 11.5. The molecule has 0 spiro atoms. The van der Waals surface area contributed by atoms with E-state index in [0.29, 0.717) is 32.5 Å². The van der Waals surface area contributed by atoms with Gasteiger partial charge in [0.1, 0.15) is 0 Å². The second kappa shape index (κ2) is 14.4. The van der Waals surface area contributed by atoms with Crippen molar-refractivity contribution in [2.75, 3.05) is 13.2 Å². The molecule has 0 saturated heterocycles. The first-order valence-corrected chi connectivity index (χ1v) is 10.0. The second-order valence-corrected chi connectivity index (χ2v) is 7.34. The summed E-state index contributed by atoms with van der Waals surface area (Å²) in [6.07, 6.45) is 6.66. The Labute approximate surface area is 148 Å². The van der Waals surface area contributed by atoms with Crippen LogP contribution in [0.4, 0.5) is 0 Å². The third-order valence-electron chi connectivity index (χ3n) is 4.02. The van der Waals surface area contributed by atoms with Crippen LogP contribution in [0.3, 0.4) is 0 Å². The molecule has 5 nitrogen and oxygen atoms in total. The van der Waals surface area contributed by atoms with Crippen molar-refractivity contribution < 1.29 is 23.6 Å². The molecule has 0 aliphatic carbocycles. The van der Waals surface area contributed by atoms with Gasteiger partial charge in [-0.1, -0.05) is 40.0 Å². The van der Waals surface area contributed by atoms with Crippen LogP contribution in [0.1, 0.15) is 85.0 Å². The SMILES string of the molecule is CCCCOC(=O)CCC(CCC)(CCC(=O)OCCCC)P=O. The molecule has 6 heteroatoms. The lowest BCUT2D eigenvalue weighted by molar-refractivity contribution is -0.144. The standard InChI is InChI=1S/C18H33O5P/c1-4-7-14-22-16(19)9-12-18(24-21,11-6-3)13-10-17(20)23-15-8-5-2/h4-15H2,1-3H3. The highest BCUT2D eigenvalue weighted by Crippen LogP contribution is 2.38. The quantitative estimate of drug-likeness (QED) is 0.232. The van der Waals surface area contributed by atoms with Crippen LogP contribution in [0.15, 0.2) is 0 Å². The molecule has 0 amide bonds. The van der Waals surface area contributed by atoms with E-state index < -0.39 is 5.16 Å². The van der Waals surface area contributed by atoms with Crippen molar-refractivity contribution in [1.82, 2.24) is 0 Å². The van der Waals surface area contributed by atoms with E-state index in [-0.39, 0.29) is 33.2 Å². The van der Waals surface area contributed by atoms with Gasteiger partial charge in [-0.05, 0) is 32.1 Å². The van der Waals surface area contributed by atoms with Gasteiger partial charge in [0.2, 0.25) is 0 Å². The highest BCUT2D eigenvalue weighted by atomic mass is 31.1. The number of unbranched alkanes of at least 4 members (excludes halogenated alkanes) is 2. The van der Waals surface area contributed by atoms with Crippen LogP contribution in [-0.4, -0.2) is 30.3 Å². The smallest absolute Gasteiger partial charge is 0.305 e. The zero-order valence-electron chi connectivity index (χ0n) is 15.5. The largest absolute Gasteiger partial charge is 0.466 e. The molecule has 0 rings (SSSR count). The Bertz CT molecular complexity index is 344. The summed E-state index contributed by atoms with van der Waals surface area (Å²) in [7, 11) is -0.00931. The highest BCUT2D eigenvalue weighted by molar-refractivity contribution is 7.26. The maximum atomic E-state index is 11.8. The molecule has 0 aliphatic rings. The van der Waals surface area contributed by atoms with Gasteiger partial charge >= 0.3 is 11.9 Å². The van der Waals surface area contributed by atoms with E-state index in [9.17, 15) is 14.2 Å². The molecule has 0 aliphatic heterocycles. The van der Waals surface area contributed by atoms with E-state index in [2.05, 4.69) is 0 Å². The molecule has 0 saturated carbocycles. The van der Waals surface area contributed by atoms with Gasteiger partial charge in [-0.3, -0.25) is 14.2 Å². The summed E-state index contributed by atoms with van der Waals surface area (Å²) in [5, 5.41) is -0.539. The van der Waals surface area contributed by atoms with E-state index in [1.807, 2.05) is 20.8 Å². The number of hydrogen-bond donors (Lipinski definition) is 0. The molecule has 140 valence electrons. The first kappa shape index (κ1) is 23.0. The van der Waals surface area contributed by atoms with Crippen LogP contribution in [0.2, 0.25) is 0 Å². The molecule has 0 aromatic carbocycles.